The molecule has 0 saturated heterocycles. The standard InChI is InChI=1S/C20H39P/c1-10-16-17-11-15(13(2)14(17)3)12-18(16)21(19(4,5)6)20(7,8)9/h13-18H,10-12H2,1-9H3. The van der Waals surface area contributed by atoms with Crippen molar-refractivity contribution >= 4 is 7.92 Å². The summed E-state index contributed by atoms with van der Waals surface area (Å²) in [5.41, 5.74) is 1.00. The minimum atomic E-state index is 0.0426. The zero-order valence-electron chi connectivity index (χ0n) is 16.0. The van der Waals surface area contributed by atoms with Crippen LogP contribution in [0, 0.1) is 29.6 Å². The van der Waals surface area contributed by atoms with Crippen LogP contribution < -0.4 is 0 Å². The van der Waals surface area contributed by atoms with Crippen molar-refractivity contribution in [3.05, 3.63) is 0 Å². The number of fused-ring (bicyclic) bond motifs is 2. The molecule has 2 rings (SSSR count). The van der Waals surface area contributed by atoms with Gasteiger partial charge in [0.1, 0.15) is 0 Å². The lowest BCUT2D eigenvalue weighted by atomic mass is 9.76. The van der Waals surface area contributed by atoms with Gasteiger partial charge in [-0.1, -0.05) is 76.7 Å². The molecule has 0 aromatic rings. The average Bonchev–Trinajstić information content (AvgIpc) is 2.52. The molecule has 2 fully saturated rings. The van der Waals surface area contributed by atoms with Crippen LogP contribution in [-0.2, 0) is 0 Å². The topological polar surface area (TPSA) is 0 Å². The van der Waals surface area contributed by atoms with Crippen LogP contribution in [0.1, 0.15) is 81.6 Å². The van der Waals surface area contributed by atoms with Crippen LogP contribution in [0.2, 0.25) is 0 Å². The molecule has 0 aliphatic heterocycles. The first-order valence-corrected chi connectivity index (χ1v) is 10.7. The molecule has 0 nitrogen and oxygen atoms in total. The fourth-order valence-electron chi connectivity index (χ4n) is 6.12. The van der Waals surface area contributed by atoms with Crippen molar-refractivity contribution < 1.29 is 0 Å². The lowest BCUT2D eigenvalue weighted by Crippen LogP contribution is -2.40. The Kier molecular flexibility index (Phi) is 4.92. The predicted octanol–water partition coefficient (Wildman–Crippen LogP) is 6.77. The SMILES string of the molecule is CCC1C2CC(CC1P(C(C)(C)C)C(C)(C)C)C(C)C2C. The number of hydrogen-bond acceptors (Lipinski definition) is 0. The maximum absolute atomic E-state index is 2.55. The zero-order valence-corrected chi connectivity index (χ0v) is 16.9. The lowest BCUT2D eigenvalue weighted by Gasteiger charge is -2.52. The van der Waals surface area contributed by atoms with Crippen LogP contribution in [0.3, 0.4) is 0 Å². The van der Waals surface area contributed by atoms with Gasteiger partial charge in [-0.2, -0.15) is 0 Å². The van der Waals surface area contributed by atoms with Crippen LogP contribution in [0.15, 0.2) is 0 Å². The van der Waals surface area contributed by atoms with Crippen molar-refractivity contribution in [1.29, 1.82) is 0 Å². The minimum Gasteiger partial charge on any atom is -0.0921 e. The molecule has 21 heavy (non-hydrogen) atoms. The molecule has 0 heterocycles. The highest BCUT2D eigenvalue weighted by molar-refractivity contribution is 7.61. The van der Waals surface area contributed by atoms with E-state index in [1.807, 2.05) is 0 Å². The fraction of sp³-hybridized carbons (Fsp3) is 1.00. The second-order valence-electron chi connectivity index (χ2n) is 9.96. The molecule has 6 atom stereocenters. The monoisotopic (exact) mass is 310 g/mol. The van der Waals surface area contributed by atoms with E-state index in [9.17, 15) is 0 Å². The average molecular weight is 311 g/mol. The Bertz CT molecular complexity index is 345. The largest absolute Gasteiger partial charge is 0.0921 e. The van der Waals surface area contributed by atoms with Crippen molar-refractivity contribution in [2.24, 2.45) is 29.6 Å². The highest BCUT2D eigenvalue weighted by Crippen LogP contribution is 2.70. The molecule has 2 aliphatic carbocycles. The Balaban J connectivity index is 2.37. The number of rotatable bonds is 2. The van der Waals surface area contributed by atoms with Crippen LogP contribution in [-0.4, -0.2) is 16.0 Å². The van der Waals surface area contributed by atoms with E-state index in [-0.39, 0.29) is 7.92 Å². The molecular formula is C20H39P. The summed E-state index contributed by atoms with van der Waals surface area (Å²) >= 11 is 0. The summed E-state index contributed by atoms with van der Waals surface area (Å²) < 4.78 is 0. The van der Waals surface area contributed by atoms with Gasteiger partial charge >= 0.3 is 0 Å². The first kappa shape index (κ1) is 17.8. The van der Waals surface area contributed by atoms with Gasteiger partial charge in [-0.3, -0.25) is 0 Å². The maximum atomic E-state index is 2.55. The van der Waals surface area contributed by atoms with E-state index < -0.39 is 0 Å². The van der Waals surface area contributed by atoms with Crippen molar-refractivity contribution in [3.63, 3.8) is 0 Å². The van der Waals surface area contributed by atoms with Crippen LogP contribution in [0.5, 0.6) is 0 Å². The van der Waals surface area contributed by atoms with E-state index >= 15 is 0 Å². The third-order valence-corrected chi connectivity index (χ3v) is 10.8. The predicted molar refractivity (Wildman–Crippen MR) is 98.5 cm³/mol. The van der Waals surface area contributed by atoms with Gasteiger partial charge in [0, 0.05) is 0 Å². The van der Waals surface area contributed by atoms with E-state index in [1.165, 1.54) is 19.3 Å². The molecule has 0 aromatic heterocycles. The lowest BCUT2D eigenvalue weighted by molar-refractivity contribution is 0.217. The van der Waals surface area contributed by atoms with Crippen molar-refractivity contribution in [2.75, 3.05) is 0 Å². The molecule has 2 bridgehead atoms. The summed E-state index contributed by atoms with van der Waals surface area (Å²) in [6.45, 7) is 22.6. The zero-order chi connectivity index (χ0) is 16.2. The van der Waals surface area contributed by atoms with Crippen molar-refractivity contribution in [3.8, 4) is 0 Å². The molecule has 0 aromatic carbocycles. The summed E-state index contributed by atoms with van der Waals surface area (Å²) in [6.07, 6.45) is 4.47. The van der Waals surface area contributed by atoms with Crippen molar-refractivity contribution in [2.45, 2.75) is 97.5 Å². The van der Waals surface area contributed by atoms with E-state index in [4.69, 9.17) is 0 Å². The summed E-state index contributed by atoms with van der Waals surface area (Å²) in [6, 6.07) is 0. The molecule has 0 radical (unpaired) electrons. The summed E-state index contributed by atoms with van der Waals surface area (Å²) in [5, 5.41) is 0.962. The second kappa shape index (κ2) is 5.81. The van der Waals surface area contributed by atoms with Gasteiger partial charge in [0.05, 0.1) is 0 Å². The first-order chi connectivity index (χ1) is 9.48. The molecule has 124 valence electrons. The van der Waals surface area contributed by atoms with Gasteiger partial charge in [0.25, 0.3) is 0 Å². The van der Waals surface area contributed by atoms with Gasteiger partial charge in [-0.25, -0.2) is 0 Å². The summed E-state index contributed by atoms with van der Waals surface area (Å²) in [5.74, 6) is 4.95. The smallest absolute Gasteiger partial charge is 0.0166 e. The van der Waals surface area contributed by atoms with E-state index in [1.54, 1.807) is 0 Å². The van der Waals surface area contributed by atoms with E-state index in [2.05, 4.69) is 62.3 Å². The number of hydrogen-bond donors (Lipinski definition) is 0. The van der Waals surface area contributed by atoms with Crippen LogP contribution in [0.4, 0.5) is 0 Å². The Morgan fingerprint density at radius 2 is 1.38 bits per heavy atom. The normalized spacial score (nSPS) is 40.9. The molecular weight excluding hydrogens is 271 g/mol. The first-order valence-electron chi connectivity index (χ1n) is 9.28. The molecule has 6 unspecified atom stereocenters. The quantitative estimate of drug-likeness (QED) is 0.493. The Morgan fingerprint density at radius 3 is 1.81 bits per heavy atom. The minimum absolute atomic E-state index is 0.0426. The van der Waals surface area contributed by atoms with Crippen molar-refractivity contribution in [1.82, 2.24) is 0 Å². The Hall–Kier alpha value is 0.430. The van der Waals surface area contributed by atoms with Gasteiger partial charge in [0.2, 0.25) is 0 Å². The molecule has 0 spiro atoms. The summed E-state index contributed by atoms with van der Waals surface area (Å²) in [4.78, 5) is 0. The van der Waals surface area contributed by atoms with Crippen LogP contribution >= 0.6 is 7.92 Å². The van der Waals surface area contributed by atoms with Gasteiger partial charge in [-0.05, 0) is 58.4 Å². The fourth-order valence-corrected chi connectivity index (χ4v) is 11.4. The van der Waals surface area contributed by atoms with Gasteiger partial charge in [-0.15, -0.1) is 0 Å². The second-order valence-corrected chi connectivity index (χ2v) is 14.1. The van der Waals surface area contributed by atoms with E-state index in [0.29, 0.717) is 10.3 Å². The Morgan fingerprint density at radius 1 is 0.857 bits per heavy atom. The van der Waals surface area contributed by atoms with E-state index in [0.717, 1.165) is 35.2 Å². The third-order valence-electron chi connectivity index (χ3n) is 6.66. The van der Waals surface area contributed by atoms with Gasteiger partial charge < -0.3 is 0 Å². The van der Waals surface area contributed by atoms with Crippen LogP contribution in [0.25, 0.3) is 0 Å². The molecule has 2 aliphatic rings. The highest BCUT2D eigenvalue weighted by Gasteiger charge is 2.53. The molecule has 2 saturated carbocycles. The molecule has 0 amide bonds. The third kappa shape index (κ3) is 3.22. The summed E-state index contributed by atoms with van der Waals surface area (Å²) in [7, 11) is 0.0426. The molecule has 0 N–H and O–H groups in total. The maximum Gasteiger partial charge on any atom is -0.0166 e. The molecule has 1 heteroatoms. The Labute approximate surface area is 135 Å². The highest BCUT2D eigenvalue weighted by atomic mass is 31.1. The van der Waals surface area contributed by atoms with Gasteiger partial charge in [0.15, 0.2) is 0 Å².